The van der Waals surface area contributed by atoms with Crippen molar-refractivity contribution in [3.8, 4) is 12.8 Å². The number of piperidine rings is 1. The molecule has 0 radical (unpaired) electrons. The van der Waals surface area contributed by atoms with Gasteiger partial charge in [-0.2, -0.15) is 0 Å². The summed E-state index contributed by atoms with van der Waals surface area (Å²) in [5.41, 5.74) is 23.0. The molecule has 1 fully saturated rings. The quantitative estimate of drug-likeness (QED) is 0.456. The van der Waals surface area contributed by atoms with Gasteiger partial charge in [0.2, 0.25) is 0 Å². The fraction of sp³-hybridized carbons (Fsp3) is 0.357. The van der Waals surface area contributed by atoms with Gasteiger partial charge in [0.05, 0.1) is 5.82 Å². The molecule has 1 aromatic rings. The average Bonchev–Trinajstić information content (AvgIpc) is 2.84. The minimum absolute atomic E-state index is 0.275. The lowest BCUT2D eigenvalue weighted by atomic mass is 9.96. The van der Waals surface area contributed by atoms with Crippen molar-refractivity contribution in [2.75, 3.05) is 20.1 Å². The summed E-state index contributed by atoms with van der Waals surface area (Å²) in [5, 5.41) is 0. The van der Waals surface area contributed by atoms with Gasteiger partial charge < -0.3 is 22.1 Å². The van der Waals surface area contributed by atoms with Crippen molar-refractivity contribution in [2.24, 2.45) is 17.2 Å². The number of likely N-dealkylation sites (N-methyl/N-ethyl adjacent to an activating group) is 1. The van der Waals surface area contributed by atoms with E-state index in [2.05, 4.69) is 80.3 Å². The summed E-state index contributed by atoms with van der Waals surface area (Å²) in [7, 11) is 2.14. The van der Waals surface area contributed by atoms with Crippen LogP contribution in [0.2, 0.25) is 0 Å². The minimum atomic E-state index is 0.275. The zero-order chi connectivity index (χ0) is 24.4. The van der Waals surface area contributed by atoms with Crippen LogP contribution in [-0.4, -0.2) is 25.0 Å². The van der Waals surface area contributed by atoms with E-state index >= 15 is 0 Å². The van der Waals surface area contributed by atoms with Gasteiger partial charge in [0.1, 0.15) is 0 Å². The first-order valence-corrected chi connectivity index (χ1v) is 11.3. The number of benzene rings is 1. The van der Waals surface area contributed by atoms with Gasteiger partial charge in [0.25, 0.3) is 0 Å². The molecule has 0 aromatic heterocycles. The Balaban J connectivity index is 0.000000574. The summed E-state index contributed by atoms with van der Waals surface area (Å²) in [6.07, 6.45) is 24.5. The van der Waals surface area contributed by atoms with E-state index in [1.165, 1.54) is 35.1 Å². The van der Waals surface area contributed by atoms with E-state index in [0.717, 1.165) is 31.6 Å². The molecule has 2 aliphatic rings. The standard InChI is InChI=1S/C14H24N4.C10H10.C2H6.C2H2/c1-3-11-8-9-18(2)10-12(11)4-5-13(15)6-7-14(16)17;1-2-6-10-8-4-3-7-9(10)5-1;2*1-2/h3-4,6-7H,5,8-10,15-17H2,1-2H3;1-3,5-7H,4,8H2;1-2H3;1-2H/b11-3-,12-4-,13-6-;;;. The Kier molecular flexibility index (Phi) is 15.8. The third kappa shape index (κ3) is 11.3. The maximum atomic E-state index is 5.89. The van der Waals surface area contributed by atoms with Gasteiger partial charge in [-0.25, -0.2) is 0 Å². The molecule has 3 rings (SSSR count). The summed E-state index contributed by atoms with van der Waals surface area (Å²) in [4.78, 5) is 2.32. The van der Waals surface area contributed by atoms with Gasteiger partial charge in [0, 0.05) is 25.2 Å². The van der Waals surface area contributed by atoms with Crippen LogP contribution < -0.4 is 17.2 Å². The van der Waals surface area contributed by atoms with Crippen LogP contribution in [0.4, 0.5) is 0 Å². The first-order valence-electron chi connectivity index (χ1n) is 11.3. The van der Waals surface area contributed by atoms with Gasteiger partial charge >= 0.3 is 0 Å². The molecule has 174 valence electrons. The van der Waals surface area contributed by atoms with Crippen LogP contribution in [0.15, 0.2) is 77.3 Å². The Morgan fingerprint density at radius 2 is 1.72 bits per heavy atom. The van der Waals surface area contributed by atoms with Crippen molar-refractivity contribution >= 4 is 6.08 Å². The second-order valence-corrected chi connectivity index (χ2v) is 7.28. The van der Waals surface area contributed by atoms with Gasteiger partial charge in [-0.3, -0.25) is 0 Å². The van der Waals surface area contributed by atoms with Crippen LogP contribution >= 0.6 is 0 Å². The smallest absolute Gasteiger partial charge is 0.0934 e. The molecule has 1 aromatic carbocycles. The van der Waals surface area contributed by atoms with Gasteiger partial charge in [-0.05, 0) is 67.7 Å². The Hall–Kier alpha value is -3.16. The third-order valence-electron chi connectivity index (χ3n) is 4.97. The molecule has 0 unspecified atom stereocenters. The maximum absolute atomic E-state index is 5.89. The number of rotatable bonds is 3. The zero-order valence-corrected chi connectivity index (χ0v) is 20.4. The summed E-state index contributed by atoms with van der Waals surface area (Å²) in [6.45, 7) is 8.20. The van der Waals surface area contributed by atoms with Crippen LogP contribution in [-0.2, 0) is 6.42 Å². The van der Waals surface area contributed by atoms with E-state index in [0.29, 0.717) is 0 Å². The average molecular weight is 435 g/mol. The molecule has 0 saturated carbocycles. The highest BCUT2D eigenvalue weighted by Gasteiger charge is 2.14. The SMILES string of the molecule is C#C.C/C=C1/CCN(C)C/C1=C/C/C(N)=C/C=C(N)N.C1=Cc2ccccc2CC1.CC. The number of fused-ring (bicyclic) bond motifs is 1. The van der Waals surface area contributed by atoms with Crippen LogP contribution in [0.3, 0.4) is 0 Å². The number of hydrogen-bond acceptors (Lipinski definition) is 4. The number of nitrogens with two attached hydrogens (primary N) is 3. The van der Waals surface area contributed by atoms with E-state index < -0.39 is 0 Å². The van der Waals surface area contributed by atoms with Gasteiger partial charge in [0.15, 0.2) is 0 Å². The number of terminal acetylenes is 1. The van der Waals surface area contributed by atoms with E-state index in [1.807, 2.05) is 13.8 Å². The van der Waals surface area contributed by atoms with Crippen molar-refractivity contribution in [2.45, 2.75) is 46.5 Å². The highest BCUT2D eigenvalue weighted by molar-refractivity contribution is 5.55. The Labute approximate surface area is 196 Å². The van der Waals surface area contributed by atoms with Crippen LogP contribution in [0.5, 0.6) is 0 Å². The monoisotopic (exact) mass is 434 g/mol. The normalized spacial score (nSPS) is 17.5. The molecule has 1 heterocycles. The molecule has 0 bridgehead atoms. The van der Waals surface area contributed by atoms with Crippen molar-refractivity contribution in [1.29, 1.82) is 0 Å². The topological polar surface area (TPSA) is 81.3 Å². The van der Waals surface area contributed by atoms with Crippen LogP contribution in [0.1, 0.15) is 51.2 Å². The molecule has 1 aliphatic heterocycles. The molecule has 6 N–H and O–H groups in total. The number of allylic oxidation sites excluding steroid dienone is 5. The van der Waals surface area contributed by atoms with Crippen molar-refractivity contribution < 1.29 is 0 Å². The largest absolute Gasteiger partial charge is 0.402 e. The Morgan fingerprint density at radius 1 is 1.03 bits per heavy atom. The zero-order valence-electron chi connectivity index (χ0n) is 20.4. The first-order chi connectivity index (χ1) is 15.5. The molecular weight excluding hydrogens is 392 g/mol. The first kappa shape index (κ1) is 28.8. The Bertz CT molecular complexity index is 834. The summed E-state index contributed by atoms with van der Waals surface area (Å²) >= 11 is 0. The van der Waals surface area contributed by atoms with Crippen molar-refractivity contribution in [3.05, 3.63) is 88.4 Å². The summed E-state index contributed by atoms with van der Waals surface area (Å²) < 4.78 is 0. The Morgan fingerprint density at radius 3 is 2.34 bits per heavy atom. The third-order valence-corrected chi connectivity index (χ3v) is 4.97. The van der Waals surface area contributed by atoms with E-state index in [1.54, 1.807) is 12.2 Å². The van der Waals surface area contributed by atoms with Gasteiger partial charge in [-0.1, -0.05) is 62.4 Å². The highest BCUT2D eigenvalue weighted by atomic mass is 15.1. The maximum Gasteiger partial charge on any atom is 0.0934 e. The molecule has 4 heteroatoms. The number of hydrogen-bond donors (Lipinski definition) is 3. The lowest BCUT2D eigenvalue weighted by Gasteiger charge is -2.27. The van der Waals surface area contributed by atoms with E-state index in [9.17, 15) is 0 Å². The van der Waals surface area contributed by atoms with E-state index in [4.69, 9.17) is 17.2 Å². The van der Waals surface area contributed by atoms with Crippen molar-refractivity contribution in [1.82, 2.24) is 4.90 Å². The second-order valence-electron chi connectivity index (χ2n) is 7.28. The second kappa shape index (κ2) is 17.5. The van der Waals surface area contributed by atoms with E-state index in [-0.39, 0.29) is 5.82 Å². The lowest BCUT2D eigenvalue weighted by molar-refractivity contribution is 0.347. The predicted molar refractivity (Wildman–Crippen MR) is 142 cm³/mol. The molecular formula is C28H42N4. The highest BCUT2D eigenvalue weighted by Crippen LogP contribution is 2.22. The van der Waals surface area contributed by atoms with Crippen LogP contribution in [0.25, 0.3) is 6.08 Å². The summed E-state index contributed by atoms with van der Waals surface area (Å²) in [5.74, 6) is 0.275. The number of nitrogens with zero attached hydrogens (tertiary/aromatic N) is 1. The molecule has 4 nitrogen and oxygen atoms in total. The minimum Gasteiger partial charge on any atom is -0.402 e. The number of aryl methyl sites for hydroxylation is 1. The van der Waals surface area contributed by atoms with Crippen LogP contribution in [0, 0.1) is 12.8 Å². The molecule has 0 atom stereocenters. The molecule has 0 spiro atoms. The fourth-order valence-electron chi connectivity index (χ4n) is 3.35. The molecule has 32 heavy (non-hydrogen) atoms. The van der Waals surface area contributed by atoms with Gasteiger partial charge in [-0.15, -0.1) is 12.8 Å². The number of likely N-dealkylation sites (tertiary alicyclic amines) is 1. The predicted octanol–water partition coefficient (Wildman–Crippen LogP) is 5.11. The van der Waals surface area contributed by atoms with Crippen molar-refractivity contribution in [3.63, 3.8) is 0 Å². The fourth-order valence-corrected chi connectivity index (χ4v) is 3.35. The molecule has 1 saturated heterocycles. The lowest BCUT2D eigenvalue weighted by Crippen LogP contribution is -2.28. The summed E-state index contributed by atoms with van der Waals surface area (Å²) in [6, 6.07) is 8.58. The molecule has 1 aliphatic carbocycles. The molecule has 0 amide bonds.